The maximum atomic E-state index is 12.6. The average Bonchev–Trinajstić information content (AvgIpc) is 2.29. The number of carbonyl (C=O) groups excluding carboxylic acids is 2. The lowest BCUT2D eigenvalue weighted by Gasteiger charge is -2.31. The molecular weight excluding hydrogens is 248 g/mol. The number of piperidine rings is 1. The predicted molar refractivity (Wildman–Crippen MR) is 58.3 cm³/mol. The Morgan fingerprint density at radius 3 is 2.33 bits per heavy atom. The summed E-state index contributed by atoms with van der Waals surface area (Å²) in [5, 5.41) is 0. The third kappa shape index (κ3) is 4.12. The van der Waals surface area contributed by atoms with Gasteiger partial charge in [0.15, 0.2) is 0 Å². The molecule has 0 aromatic carbocycles. The second kappa shape index (κ2) is 5.97. The summed E-state index contributed by atoms with van der Waals surface area (Å²) in [6.45, 7) is 3.17. The minimum absolute atomic E-state index is 0.288. The van der Waals surface area contributed by atoms with Crippen molar-refractivity contribution >= 4 is 12.1 Å². The molecule has 7 heteroatoms. The van der Waals surface area contributed by atoms with Gasteiger partial charge in [0.1, 0.15) is 6.10 Å². The van der Waals surface area contributed by atoms with Crippen LogP contribution in [0.15, 0.2) is 0 Å². The van der Waals surface area contributed by atoms with E-state index in [1.54, 1.807) is 6.92 Å². The third-order valence-electron chi connectivity index (χ3n) is 2.60. The van der Waals surface area contributed by atoms with Crippen molar-refractivity contribution in [2.45, 2.75) is 38.7 Å². The Hall–Kier alpha value is -1.40. The number of rotatable bonds is 3. The van der Waals surface area contributed by atoms with Crippen LogP contribution in [0.4, 0.5) is 13.6 Å². The molecule has 104 valence electrons. The summed E-state index contributed by atoms with van der Waals surface area (Å²) >= 11 is 0. The van der Waals surface area contributed by atoms with Crippen LogP contribution in [0.2, 0.25) is 0 Å². The van der Waals surface area contributed by atoms with Gasteiger partial charge in [-0.1, -0.05) is 0 Å². The first-order chi connectivity index (χ1) is 8.34. The van der Waals surface area contributed by atoms with Gasteiger partial charge in [-0.05, 0) is 6.92 Å². The largest absolute Gasteiger partial charge is 0.458 e. The van der Waals surface area contributed by atoms with Crippen molar-refractivity contribution in [2.75, 3.05) is 19.7 Å². The summed E-state index contributed by atoms with van der Waals surface area (Å²) < 4.78 is 34.7. The molecule has 0 aliphatic carbocycles. The molecule has 0 spiro atoms. The molecule has 18 heavy (non-hydrogen) atoms. The monoisotopic (exact) mass is 265 g/mol. The van der Waals surface area contributed by atoms with E-state index in [9.17, 15) is 18.4 Å². The SMILES string of the molecule is CCOC(=O)N1CCC(OC(=O)C(C)(F)F)CC1. The first-order valence-corrected chi connectivity index (χ1v) is 5.85. The Bertz CT molecular complexity index is 309. The number of esters is 1. The van der Waals surface area contributed by atoms with Crippen molar-refractivity contribution < 1.29 is 27.8 Å². The van der Waals surface area contributed by atoms with E-state index in [0.717, 1.165) is 0 Å². The number of likely N-dealkylation sites (tertiary alicyclic amines) is 1. The average molecular weight is 265 g/mol. The minimum Gasteiger partial charge on any atom is -0.458 e. The standard InChI is InChI=1S/C11H17F2NO4/c1-3-17-10(16)14-6-4-8(5-7-14)18-9(15)11(2,12)13/h8H,3-7H2,1-2H3. The number of nitrogens with zero attached hydrogens (tertiary/aromatic N) is 1. The van der Waals surface area contributed by atoms with Gasteiger partial charge >= 0.3 is 18.0 Å². The molecule has 0 bridgehead atoms. The highest BCUT2D eigenvalue weighted by Crippen LogP contribution is 2.20. The Kier molecular flexibility index (Phi) is 4.86. The molecule has 1 fully saturated rings. The molecule has 0 unspecified atom stereocenters. The molecule has 0 aromatic rings. The van der Waals surface area contributed by atoms with Gasteiger partial charge in [0.05, 0.1) is 6.61 Å². The first kappa shape index (κ1) is 14.7. The molecule has 1 heterocycles. The number of amides is 1. The molecule has 0 N–H and O–H groups in total. The van der Waals surface area contributed by atoms with Crippen LogP contribution < -0.4 is 0 Å². The van der Waals surface area contributed by atoms with Crippen LogP contribution in [0.3, 0.4) is 0 Å². The van der Waals surface area contributed by atoms with Crippen molar-refractivity contribution in [2.24, 2.45) is 0 Å². The molecule has 0 saturated carbocycles. The van der Waals surface area contributed by atoms with Gasteiger partial charge in [0.2, 0.25) is 0 Å². The summed E-state index contributed by atoms with van der Waals surface area (Å²) in [7, 11) is 0. The second-order valence-electron chi connectivity index (χ2n) is 4.18. The number of hydrogen-bond acceptors (Lipinski definition) is 4. The van der Waals surface area contributed by atoms with E-state index < -0.39 is 24.1 Å². The lowest BCUT2D eigenvalue weighted by molar-refractivity contribution is -0.176. The van der Waals surface area contributed by atoms with Gasteiger partial charge in [-0.25, -0.2) is 9.59 Å². The molecule has 5 nitrogen and oxygen atoms in total. The van der Waals surface area contributed by atoms with Gasteiger partial charge in [-0.15, -0.1) is 0 Å². The summed E-state index contributed by atoms with van der Waals surface area (Å²) in [5.74, 6) is -4.99. The molecule has 0 aromatic heterocycles. The Labute approximate surface area is 104 Å². The molecule has 1 aliphatic rings. The molecule has 1 amide bonds. The van der Waals surface area contributed by atoms with Crippen LogP contribution >= 0.6 is 0 Å². The quantitative estimate of drug-likeness (QED) is 0.730. The van der Waals surface area contributed by atoms with Crippen molar-refractivity contribution in [1.82, 2.24) is 4.90 Å². The molecule has 1 rings (SSSR count). The predicted octanol–water partition coefficient (Wildman–Crippen LogP) is 1.81. The number of ether oxygens (including phenoxy) is 2. The fourth-order valence-corrected chi connectivity index (χ4v) is 1.63. The van der Waals surface area contributed by atoms with Gasteiger partial charge in [-0.2, -0.15) is 8.78 Å². The zero-order chi connectivity index (χ0) is 13.8. The normalized spacial score (nSPS) is 17.4. The summed E-state index contributed by atoms with van der Waals surface area (Å²) in [5.41, 5.74) is 0. The topological polar surface area (TPSA) is 55.8 Å². The maximum Gasteiger partial charge on any atom is 0.409 e. The van der Waals surface area contributed by atoms with Crippen LogP contribution in [0.5, 0.6) is 0 Å². The van der Waals surface area contributed by atoms with Crippen molar-refractivity contribution in [3.8, 4) is 0 Å². The first-order valence-electron chi connectivity index (χ1n) is 5.85. The Morgan fingerprint density at radius 2 is 1.89 bits per heavy atom. The van der Waals surface area contributed by atoms with E-state index in [0.29, 0.717) is 32.9 Å². The van der Waals surface area contributed by atoms with Crippen molar-refractivity contribution in [3.63, 3.8) is 0 Å². The lowest BCUT2D eigenvalue weighted by Crippen LogP contribution is -2.43. The summed E-state index contributed by atoms with van der Waals surface area (Å²) in [6, 6.07) is 0. The van der Waals surface area contributed by atoms with E-state index in [1.165, 1.54) is 4.90 Å². The van der Waals surface area contributed by atoms with Gasteiger partial charge in [0, 0.05) is 32.9 Å². The second-order valence-corrected chi connectivity index (χ2v) is 4.18. The van der Waals surface area contributed by atoms with Crippen molar-refractivity contribution in [1.29, 1.82) is 0 Å². The van der Waals surface area contributed by atoms with E-state index >= 15 is 0 Å². The molecule has 1 saturated heterocycles. The van der Waals surface area contributed by atoms with Crippen LogP contribution in [-0.2, 0) is 14.3 Å². The van der Waals surface area contributed by atoms with Crippen LogP contribution in [-0.4, -0.2) is 48.7 Å². The zero-order valence-electron chi connectivity index (χ0n) is 10.4. The Morgan fingerprint density at radius 1 is 1.33 bits per heavy atom. The fraction of sp³-hybridized carbons (Fsp3) is 0.818. The van der Waals surface area contributed by atoms with Gasteiger partial charge < -0.3 is 14.4 Å². The highest BCUT2D eigenvalue weighted by Gasteiger charge is 2.37. The zero-order valence-corrected chi connectivity index (χ0v) is 10.4. The molecule has 1 aliphatic heterocycles. The highest BCUT2D eigenvalue weighted by atomic mass is 19.3. The summed E-state index contributed by atoms with van der Waals surface area (Å²) in [6.07, 6.45) is -0.293. The van der Waals surface area contributed by atoms with Gasteiger partial charge in [0.25, 0.3) is 0 Å². The van der Waals surface area contributed by atoms with Crippen LogP contribution in [0.1, 0.15) is 26.7 Å². The van der Waals surface area contributed by atoms with Crippen LogP contribution in [0.25, 0.3) is 0 Å². The molecule has 0 radical (unpaired) electrons. The van der Waals surface area contributed by atoms with E-state index in [1.807, 2.05) is 0 Å². The molecule has 0 atom stereocenters. The minimum atomic E-state index is -3.47. The molecular formula is C11H17F2NO4. The summed E-state index contributed by atoms with van der Waals surface area (Å²) in [4.78, 5) is 23.8. The third-order valence-corrected chi connectivity index (χ3v) is 2.60. The maximum absolute atomic E-state index is 12.6. The van der Waals surface area contributed by atoms with Crippen molar-refractivity contribution in [3.05, 3.63) is 0 Å². The van der Waals surface area contributed by atoms with E-state index in [4.69, 9.17) is 4.74 Å². The fourth-order valence-electron chi connectivity index (χ4n) is 1.63. The van der Waals surface area contributed by atoms with E-state index in [2.05, 4.69) is 4.74 Å². The number of hydrogen-bond donors (Lipinski definition) is 0. The van der Waals surface area contributed by atoms with Gasteiger partial charge in [-0.3, -0.25) is 0 Å². The number of halogens is 2. The lowest BCUT2D eigenvalue weighted by atomic mass is 10.1. The Balaban J connectivity index is 2.36. The number of carbonyl (C=O) groups is 2. The van der Waals surface area contributed by atoms with E-state index in [-0.39, 0.29) is 6.61 Å². The number of alkyl halides is 2. The highest BCUT2D eigenvalue weighted by molar-refractivity contribution is 5.77. The van der Waals surface area contributed by atoms with Crippen LogP contribution in [0, 0.1) is 0 Å². The smallest absolute Gasteiger partial charge is 0.409 e.